The van der Waals surface area contributed by atoms with Gasteiger partial charge in [0, 0.05) is 0 Å². The van der Waals surface area contributed by atoms with Gasteiger partial charge >= 0.3 is 0 Å². The van der Waals surface area contributed by atoms with E-state index in [1.54, 1.807) is 5.57 Å². The summed E-state index contributed by atoms with van der Waals surface area (Å²) in [5, 5.41) is 0. The summed E-state index contributed by atoms with van der Waals surface area (Å²) < 4.78 is 5.56. The van der Waals surface area contributed by atoms with Crippen LogP contribution in [0, 0.1) is 29.6 Å². The van der Waals surface area contributed by atoms with Crippen molar-refractivity contribution < 1.29 is 4.74 Å². The van der Waals surface area contributed by atoms with E-state index >= 15 is 0 Å². The van der Waals surface area contributed by atoms with Crippen LogP contribution in [0.5, 0.6) is 0 Å². The van der Waals surface area contributed by atoms with Crippen molar-refractivity contribution in [3.8, 4) is 0 Å². The maximum absolute atomic E-state index is 5.56. The molecule has 0 spiro atoms. The highest BCUT2D eigenvalue weighted by Crippen LogP contribution is 2.56. The Bertz CT molecular complexity index is 243. The van der Waals surface area contributed by atoms with Gasteiger partial charge in [-0.1, -0.05) is 18.6 Å². The van der Waals surface area contributed by atoms with E-state index in [1.165, 1.54) is 0 Å². The van der Waals surface area contributed by atoms with Gasteiger partial charge in [0.2, 0.25) is 0 Å². The molecule has 2 bridgehead atoms. The molecule has 0 N–H and O–H groups in total. The highest BCUT2D eigenvalue weighted by molar-refractivity contribution is 5.25. The molecule has 5 unspecified atom stereocenters. The van der Waals surface area contributed by atoms with E-state index in [4.69, 9.17) is 4.74 Å². The van der Waals surface area contributed by atoms with Crippen LogP contribution in [0.25, 0.3) is 0 Å². The average molecular weight is 164 g/mol. The van der Waals surface area contributed by atoms with E-state index in [9.17, 15) is 0 Å². The molecule has 2 aliphatic carbocycles. The van der Waals surface area contributed by atoms with Gasteiger partial charge < -0.3 is 4.74 Å². The Morgan fingerprint density at radius 3 is 2.92 bits per heavy atom. The van der Waals surface area contributed by atoms with Crippen molar-refractivity contribution >= 4 is 0 Å². The van der Waals surface area contributed by atoms with Crippen LogP contribution < -0.4 is 0 Å². The minimum atomic E-state index is 0.850. The third-order valence-electron chi connectivity index (χ3n) is 4.28. The van der Waals surface area contributed by atoms with Gasteiger partial charge in [-0.15, -0.1) is 0 Å². The maximum atomic E-state index is 5.56. The molecule has 0 aromatic heterocycles. The van der Waals surface area contributed by atoms with Crippen LogP contribution in [0.1, 0.15) is 13.8 Å². The van der Waals surface area contributed by atoms with Crippen LogP contribution >= 0.6 is 0 Å². The van der Waals surface area contributed by atoms with Crippen LogP contribution in [0.2, 0.25) is 0 Å². The second kappa shape index (κ2) is 2.14. The lowest BCUT2D eigenvalue weighted by Gasteiger charge is -2.21. The van der Waals surface area contributed by atoms with Gasteiger partial charge in [0.15, 0.2) is 0 Å². The summed E-state index contributed by atoms with van der Waals surface area (Å²) in [5.41, 5.74) is 1.64. The molecule has 1 nitrogen and oxygen atoms in total. The topological polar surface area (TPSA) is 9.23 Å². The van der Waals surface area contributed by atoms with Crippen LogP contribution in [0.15, 0.2) is 11.6 Å². The predicted octanol–water partition coefficient (Wildman–Crippen LogP) is 2.09. The smallest absolute Gasteiger partial charge is 0.0503 e. The lowest BCUT2D eigenvalue weighted by molar-refractivity contribution is 0.154. The first-order chi connectivity index (χ1) is 5.79. The SMILES string of the molecule is CC1=CC2C(C)C1C1COCC21. The number of hydrogen-bond acceptors (Lipinski definition) is 1. The minimum absolute atomic E-state index is 0.850. The largest absolute Gasteiger partial charge is 0.381 e. The van der Waals surface area contributed by atoms with Crippen molar-refractivity contribution in [3.05, 3.63) is 11.6 Å². The van der Waals surface area contributed by atoms with E-state index in [0.29, 0.717) is 0 Å². The standard InChI is InChI=1S/C11H16O/c1-6-3-8-7(2)11(6)10-5-12-4-9(8)10/h3,7-11H,4-5H2,1-2H3. The summed E-state index contributed by atoms with van der Waals surface area (Å²) in [7, 11) is 0. The van der Waals surface area contributed by atoms with Gasteiger partial charge in [0.25, 0.3) is 0 Å². The first-order valence-electron chi connectivity index (χ1n) is 5.05. The van der Waals surface area contributed by atoms with Crippen molar-refractivity contribution in [2.24, 2.45) is 29.6 Å². The number of allylic oxidation sites excluding steroid dienone is 2. The van der Waals surface area contributed by atoms with Gasteiger partial charge in [-0.05, 0) is 36.5 Å². The number of rotatable bonds is 0. The Labute approximate surface area is 73.8 Å². The molecule has 1 saturated heterocycles. The van der Waals surface area contributed by atoms with Gasteiger partial charge in [-0.3, -0.25) is 0 Å². The summed E-state index contributed by atoms with van der Waals surface area (Å²) in [6, 6.07) is 0. The number of fused-ring (bicyclic) bond motifs is 5. The van der Waals surface area contributed by atoms with Crippen molar-refractivity contribution in [1.29, 1.82) is 0 Å². The summed E-state index contributed by atoms with van der Waals surface area (Å²) >= 11 is 0. The van der Waals surface area contributed by atoms with Crippen LogP contribution in [-0.4, -0.2) is 13.2 Å². The Kier molecular flexibility index (Phi) is 1.27. The van der Waals surface area contributed by atoms with Gasteiger partial charge in [-0.2, -0.15) is 0 Å². The molecule has 1 saturated carbocycles. The van der Waals surface area contributed by atoms with E-state index < -0.39 is 0 Å². The van der Waals surface area contributed by atoms with Crippen LogP contribution in [0.3, 0.4) is 0 Å². The van der Waals surface area contributed by atoms with Crippen molar-refractivity contribution in [2.75, 3.05) is 13.2 Å². The number of hydrogen-bond donors (Lipinski definition) is 0. The molecule has 3 rings (SSSR count). The molecule has 3 aliphatic rings. The fourth-order valence-electron chi connectivity index (χ4n) is 3.82. The average Bonchev–Trinajstić information content (AvgIpc) is 2.61. The molecular formula is C11H16O. The Balaban J connectivity index is 2.01. The molecule has 0 amide bonds. The molecule has 0 aromatic carbocycles. The first-order valence-corrected chi connectivity index (χ1v) is 5.05. The Morgan fingerprint density at radius 1 is 1.33 bits per heavy atom. The van der Waals surface area contributed by atoms with E-state index in [1.807, 2.05) is 0 Å². The predicted molar refractivity (Wildman–Crippen MR) is 47.7 cm³/mol. The lowest BCUT2D eigenvalue weighted by atomic mass is 9.82. The normalized spacial score (nSPS) is 55.8. The third kappa shape index (κ3) is 0.646. The second-order valence-corrected chi connectivity index (χ2v) is 4.74. The molecule has 12 heavy (non-hydrogen) atoms. The fourth-order valence-corrected chi connectivity index (χ4v) is 3.82. The van der Waals surface area contributed by atoms with Gasteiger partial charge in [0.05, 0.1) is 13.2 Å². The third-order valence-corrected chi connectivity index (χ3v) is 4.28. The quantitative estimate of drug-likeness (QED) is 0.498. The molecule has 0 radical (unpaired) electrons. The lowest BCUT2D eigenvalue weighted by Crippen LogP contribution is -2.19. The molecule has 1 aliphatic heterocycles. The summed E-state index contributed by atoms with van der Waals surface area (Å²) in [5.74, 6) is 4.36. The molecule has 1 heterocycles. The fraction of sp³-hybridized carbons (Fsp3) is 0.818. The zero-order valence-corrected chi connectivity index (χ0v) is 7.79. The van der Waals surface area contributed by atoms with Crippen LogP contribution in [-0.2, 0) is 4.74 Å². The molecule has 5 atom stereocenters. The van der Waals surface area contributed by atoms with E-state index in [0.717, 1.165) is 42.8 Å². The van der Waals surface area contributed by atoms with Crippen molar-refractivity contribution in [3.63, 3.8) is 0 Å². The van der Waals surface area contributed by atoms with Crippen molar-refractivity contribution in [2.45, 2.75) is 13.8 Å². The summed E-state index contributed by atoms with van der Waals surface area (Å²) in [4.78, 5) is 0. The Hall–Kier alpha value is -0.300. The summed E-state index contributed by atoms with van der Waals surface area (Å²) in [6.45, 7) is 6.78. The molecule has 66 valence electrons. The second-order valence-electron chi connectivity index (χ2n) is 4.74. The number of ether oxygens (including phenoxy) is 1. The maximum Gasteiger partial charge on any atom is 0.0503 e. The van der Waals surface area contributed by atoms with Gasteiger partial charge in [-0.25, -0.2) is 0 Å². The van der Waals surface area contributed by atoms with E-state index in [-0.39, 0.29) is 0 Å². The minimum Gasteiger partial charge on any atom is -0.381 e. The first kappa shape index (κ1) is 7.14. The zero-order valence-electron chi connectivity index (χ0n) is 7.79. The highest BCUT2D eigenvalue weighted by Gasteiger charge is 2.53. The van der Waals surface area contributed by atoms with Crippen molar-refractivity contribution in [1.82, 2.24) is 0 Å². The monoisotopic (exact) mass is 164 g/mol. The molecule has 1 heteroatoms. The summed E-state index contributed by atoms with van der Waals surface area (Å²) in [6.07, 6.45) is 2.51. The van der Waals surface area contributed by atoms with E-state index in [2.05, 4.69) is 19.9 Å². The molecule has 2 fully saturated rings. The highest BCUT2D eigenvalue weighted by atomic mass is 16.5. The molecule has 0 aromatic rings. The Morgan fingerprint density at radius 2 is 2.08 bits per heavy atom. The zero-order chi connectivity index (χ0) is 8.29. The van der Waals surface area contributed by atoms with Crippen LogP contribution in [0.4, 0.5) is 0 Å². The molecular weight excluding hydrogens is 148 g/mol. The van der Waals surface area contributed by atoms with Gasteiger partial charge in [0.1, 0.15) is 0 Å².